The molecule has 1 aliphatic heterocycles. The number of likely N-dealkylation sites (tertiary alicyclic amines) is 1. The molecule has 2 N–H and O–H groups in total. The fourth-order valence-corrected chi connectivity index (χ4v) is 4.56. The van der Waals surface area contributed by atoms with E-state index >= 15 is 0 Å². The number of nitrogens with zero attached hydrogens (tertiary/aromatic N) is 1. The first-order valence-electron chi connectivity index (χ1n) is 12.7. The normalized spacial score (nSPS) is 16.5. The van der Waals surface area contributed by atoms with Crippen molar-refractivity contribution in [2.24, 2.45) is 5.92 Å². The smallest absolute Gasteiger partial charge is 0.258 e. The first kappa shape index (κ1) is 27.2. The lowest BCUT2D eigenvalue weighted by Gasteiger charge is -2.30. The summed E-state index contributed by atoms with van der Waals surface area (Å²) in [6, 6.07) is 16.2. The number of carbonyl (C=O) groups excluding carboxylic acids is 3. The van der Waals surface area contributed by atoms with Gasteiger partial charge in [-0.25, -0.2) is 0 Å². The zero-order valence-corrected chi connectivity index (χ0v) is 22.0. The Bertz CT molecular complexity index is 1050. The van der Waals surface area contributed by atoms with Crippen molar-refractivity contribution in [3.8, 4) is 5.75 Å². The molecule has 0 bridgehead atoms. The van der Waals surface area contributed by atoms with Crippen LogP contribution in [-0.4, -0.2) is 47.4 Å². The van der Waals surface area contributed by atoms with E-state index in [4.69, 9.17) is 4.74 Å². The van der Waals surface area contributed by atoms with Crippen LogP contribution in [-0.2, 0) is 9.59 Å². The highest BCUT2D eigenvalue weighted by atomic mass is 16.5. The van der Waals surface area contributed by atoms with E-state index in [2.05, 4.69) is 22.8 Å². The molecule has 0 saturated carbocycles. The predicted octanol–water partition coefficient (Wildman–Crippen LogP) is 4.49. The van der Waals surface area contributed by atoms with Crippen molar-refractivity contribution >= 4 is 17.7 Å². The minimum Gasteiger partial charge on any atom is -0.483 e. The molecule has 36 heavy (non-hydrogen) atoms. The molecule has 0 aromatic heterocycles. The van der Waals surface area contributed by atoms with E-state index in [1.165, 1.54) is 0 Å². The SMILES string of the molecule is CC(C)C[C@H](NC(=O)c1ccccc1OCC(=O)NC(C)(C)C)C(=O)N1CCC[C@H]1c1ccccc1. The minimum atomic E-state index is -0.654. The maximum Gasteiger partial charge on any atom is 0.258 e. The van der Waals surface area contributed by atoms with Gasteiger partial charge in [0, 0.05) is 12.1 Å². The summed E-state index contributed by atoms with van der Waals surface area (Å²) in [4.78, 5) is 41.1. The molecule has 0 unspecified atom stereocenters. The van der Waals surface area contributed by atoms with Crippen LogP contribution in [0, 0.1) is 5.92 Å². The minimum absolute atomic E-state index is 0.0159. The molecule has 0 radical (unpaired) electrons. The summed E-state index contributed by atoms with van der Waals surface area (Å²) >= 11 is 0. The highest BCUT2D eigenvalue weighted by Crippen LogP contribution is 2.33. The highest BCUT2D eigenvalue weighted by Gasteiger charge is 2.35. The molecular formula is C29H39N3O4. The van der Waals surface area contributed by atoms with Crippen LogP contribution < -0.4 is 15.4 Å². The third-order valence-corrected chi connectivity index (χ3v) is 6.04. The summed E-state index contributed by atoms with van der Waals surface area (Å²) in [7, 11) is 0. The molecule has 3 rings (SSSR count). The Balaban J connectivity index is 1.74. The number of carbonyl (C=O) groups is 3. The molecule has 3 amide bonds. The molecule has 2 aromatic carbocycles. The summed E-state index contributed by atoms with van der Waals surface area (Å²) in [5.41, 5.74) is 1.03. The van der Waals surface area contributed by atoms with Gasteiger partial charge in [-0.2, -0.15) is 0 Å². The Morgan fingerprint density at radius 3 is 2.36 bits per heavy atom. The van der Waals surface area contributed by atoms with E-state index in [9.17, 15) is 14.4 Å². The lowest BCUT2D eigenvalue weighted by Crippen LogP contribution is -2.49. The number of ether oxygens (including phenoxy) is 1. The average Bonchev–Trinajstić information content (AvgIpc) is 3.31. The van der Waals surface area contributed by atoms with Crippen molar-refractivity contribution in [1.29, 1.82) is 0 Å². The summed E-state index contributed by atoms with van der Waals surface area (Å²) in [6.07, 6.45) is 2.37. The number of rotatable bonds is 9. The molecule has 194 valence electrons. The number of para-hydroxylation sites is 1. The predicted molar refractivity (Wildman–Crippen MR) is 141 cm³/mol. The van der Waals surface area contributed by atoms with Crippen LogP contribution in [0.5, 0.6) is 5.75 Å². The van der Waals surface area contributed by atoms with E-state index in [1.807, 2.05) is 57.7 Å². The molecule has 1 fully saturated rings. The van der Waals surface area contributed by atoms with E-state index < -0.39 is 11.9 Å². The quantitative estimate of drug-likeness (QED) is 0.539. The van der Waals surface area contributed by atoms with Crippen LogP contribution in [0.4, 0.5) is 0 Å². The van der Waals surface area contributed by atoms with Crippen molar-refractivity contribution in [1.82, 2.24) is 15.5 Å². The van der Waals surface area contributed by atoms with Gasteiger partial charge in [0.2, 0.25) is 5.91 Å². The standard InChI is InChI=1S/C29H39N3O4/c1-20(2)18-23(28(35)32-17-11-15-24(32)21-12-7-6-8-13-21)30-27(34)22-14-9-10-16-25(22)36-19-26(33)31-29(3,4)5/h6-10,12-14,16,20,23-24H,11,15,17-19H2,1-5H3,(H,30,34)(H,31,33)/t23-,24-/m0/s1. The molecule has 1 saturated heterocycles. The lowest BCUT2D eigenvalue weighted by atomic mass is 10.00. The fourth-order valence-electron chi connectivity index (χ4n) is 4.56. The molecule has 1 aliphatic rings. The van der Waals surface area contributed by atoms with Crippen molar-refractivity contribution in [2.45, 2.75) is 71.5 Å². The van der Waals surface area contributed by atoms with Crippen LogP contribution in [0.1, 0.15) is 75.8 Å². The average molecular weight is 494 g/mol. The Morgan fingerprint density at radius 1 is 1.03 bits per heavy atom. The monoisotopic (exact) mass is 493 g/mol. The zero-order chi connectivity index (χ0) is 26.3. The zero-order valence-electron chi connectivity index (χ0n) is 22.0. The van der Waals surface area contributed by atoms with Gasteiger partial charge in [0.25, 0.3) is 11.8 Å². The second-order valence-corrected chi connectivity index (χ2v) is 10.8. The van der Waals surface area contributed by atoms with Crippen LogP contribution in [0.2, 0.25) is 0 Å². The van der Waals surface area contributed by atoms with Crippen molar-refractivity contribution in [2.75, 3.05) is 13.2 Å². The summed E-state index contributed by atoms with van der Waals surface area (Å²) < 4.78 is 5.70. The van der Waals surface area contributed by atoms with Gasteiger partial charge in [0.15, 0.2) is 6.61 Å². The first-order chi connectivity index (χ1) is 17.0. The van der Waals surface area contributed by atoms with Crippen LogP contribution in [0.15, 0.2) is 54.6 Å². The van der Waals surface area contributed by atoms with Crippen molar-refractivity contribution in [3.63, 3.8) is 0 Å². The molecule has 1 heterocycles. The first-order valence-corrected chi connectivity index (χ1v) is 12.7. The second-order valence-electron chi connectivity index (χ2n) is 10.8. The van der Waals surface area contributed by atoms with Crippen molar-refractivity contribution in [3.05, 3.63) is 65.7 Å². The van der Waals surface area contributed by atoms with Gasteiger partial charge in [0.1, 0.15) is 11.8 Å². The van der Waals surface area contributed by atoms with Crippen LogP contribution in [0.3, 0.4) is 0 Å². The topological polar surface area (TPSA) is 87.7 Å². The van der Waals surface area contributed by atoms with Crippen molar-refractivity contribution < 1.29 is 19.1 Å². The number of benzene rings is 2. The van der Waals surface area contributed by atoms with Gasteiger partial charge < -0.3 is 20.3 Å². The van der Waals surface area contributed by atoms with Gasteiger partial charge in [-0.3, -0.25) is 14.4 Å². The molecule has 2 aromatic rings. The summed E-state index contributed by atoms with van der Waals surface area (Å²) in [5, 5.41) is 5.81. The van der Waals surface area contributed by atoms with E-state index in [1.54, 1.807) is 24.3 Å². The second kappa shape index (κ2) is 12.1. The van der Waals surface area contributed by atoms with Gasteiger partial charge in [-0.15, -0.1) is 0 Å². The third-order valence-electron chi connectivity index (χ3n) is 6.04. The Labute approximate surface area is 214 Å². The molecule has 2 atom stereocenters. The number of nitrogens with one attached hydrogen (secondary N) is 2. The number of amides is 3. The Kier molecular flexibility index (Phi) is 9.13. The summed E-state index contributed by atoms with van der Waals surface area (Å²) in [5.74, 6) is -0.211. The van der Waals surface area contributed by atoms with Gasteiger partial charge >= 0.3 is 0 Å². The Morgan fingerprint density at radius 2 is 1.69 bits per heavy atom. The number of hydrogen-bond donors (Lipinski definition) is 2. The third kappa shape index (κ3) is 7.57. The van der Waals surface area contributed by atoms with E-state index in [0.717, 1.165) is 18.4 Å². The van der Waals surface area contributed by atoms with Crippen LogP contribution >= 0.6 is 0 Å². The lowest BCUT2D eigenvalue weighted by molar-refractivity contribution is -0.134. The van der Waals surface area contributed by atoms with Crippen LogP contribution in [0.25, 0.3) is 0 Å². The molecule has 7 heteroatoms. The Hall–Kier alpha value is -3.35. The van der Waals surface area contributed by atoms with E-state index in [0.29, 0.717) is 24.3 Å². The van der Waals surface area contributed by atoms with E-state index in [-0.39, 0.29) is 35.9 Å². The summed E-state index contributed by atoms with van der Waals surface area (Å²) in [6.45, 7) is 10.2. The maximum atomic E-state index is 13.7. The largest absolute Gasteiger partial charge is 0.483 e. The molecule has 7 nitrogen and oxygen atoms in total. The highest BCUT2D eigenvalue weighted by molar-refractivity contribution is 5.99. The van der Waals surface area contributed by atoms with Gasteiger partial charge in [-0.1, -0.05) is 56.3 Å². The maximum absolute atomic E-state index is 13.7. The molecule has 0 aliphatic carbocycles. The van der Waals surface area contributed by atoms with Gasteiger partial charge in [-0.05, 0) is 63.6 Å². The van der Waals surface area contributed by atoms with Gasteiger partial charge in [0.05, 0.1) is 11.6 Å². The number of hydrogen-bond acceptors (Lipinski definition) is 4. The fraction of sp³-hybridized carbons (Fsp3) is 0.483. The molecule has 0 spiro atoms. The molecular weight excluding hydrogens is 454 g/mol.